The molecule has 1 aliphatic carbocycles. The summed E-state index contributed by atoms with van der Waals surface area (Å²) in [4.78, 5) is 4.06. The molecule has 1 heterocycles. The minimum absolute atomic E-state index is 0.742. The monoisotopic (exact) mass is 294 g/mol. The van der Waals surface area contributed by atoms with Crippen LogP contribution in [0.15, 0.2) is 17.5 Å². The molecule has 0 radical (unpaired) electrons. The summed E-state index contributed by atoms with van der Waals surface area (Å²) >= 11 is 1.88. The maximum absolute atomic E-state index is 3.72. The van der Waals surface area contributed by atoms with Gasteiger partial charge in [-0.1, -0.05) is 32.3 Å². The van der Waals surface area contributed by atoms with Crippen LogP contribution in [0, 0.1) is 5.92 Å². The smallest absolute Gasteiger partial charge is 0.0107 e. The second-order valence-electron chi connectivity index (χ2n) is 6.15. The molecule has 0 aromatic carbocycles. The van der Waals surface area contributed by atoms with Crippen LogP contribution in [0.1, 0.15) is 43.9 Å². The molecule has 2 unspecified atom stereocenters. The van der Waals surface area contributed by atoms with Gasteiger partial charge in [-0.2, -0.15) is 0 Å². The first-order chi connectivity index (χ1) is 9.79. The average molecular weight is 295 g/mol. The molecule has 0 spiro atoms. The average Bonchev–Trinajstić information content (AvgIpc) is 2.87. The van der Waals surface area contributed by atoms with Gasteiger partial charge in [-0.3, -0.25) is 0 Å². The molecule has 3 heteroatoms. The number of rotatable bonds is 7. The van der Waals surface area contributed by atoms with E-state index in [9.17, 15) is 0 Å². The first-order valence-electron chi connectivity index (χ1n) is 8.24. The third-order valence-corrected chi connectivity index (χ3v) is 5.43. The number of likely N-dealkylation sites (N-methyl/N-ethyl adjacent to an activating group) is 1. The van der Waals surface area contributed by atoms with Crippen LogP contribution in [0.4, 0.5) is 0 Å². The number of hydrogen-bond acceptors (Lipinski definition) is 3. The Labute approximate surface area is 128 Å². The van der Waals surface area contributed by atoms with Crippen molar-refractivity contribution in [2.75, 3.05) is 26.7 Å². The molecule has 0 saturated heterocycles. The van der Waals surface area contributed by atoms with Crippen molar-refractivity contribution in [2.45, 2.75) is 51.5 Å². The maximum atomic E-state index is 3.72. The molecule has 0 bridgehead atoms. The van der Waals surface area contributed by atoms with E-state index in [1.807, 2.05) is 11.3 Å². The Balaban J connectivity index is 1.78. The van der Waals surface area contributed by atoms with Gasteiger partial charge < -0.3 is 10.2 Å². The van der Waals surface area contributed by atoms with E-state index in [0.717, 1.165) is 18.5 Å². The zero-order valence-electron chi connectivity index (χ0n) is 13.1. The summed E-state index contributed by atoms with van der Waals surface area (Å²) in [5.41, 5.74) is 0. The largest absolute Gasteiger partial charge is 0.314 e. The van der Waals surface area contributed by atoms with Gasteiger partial charge in [-0.15, -0.1) is 11.3 Å². The molecule has 1 N–H and O–H groups in total. The fraction of sp³-hybridized carbons (Fsp3) is 0.765. The lowest BCUT2D eigenvalue weighted by Crippen LogP contribution is -2.41. The normalized spacial score (nSPS) is 23.9. The summed E-state index contributed by atoms with van der Waals surface area (Å²) in [7, 11) is 2.29. The molecule has 2 rings (SSSR count). The van der Waals surface area contributed by atoms with Crippen LogP contribution < -0.4 is 5.32 Å². The van der Waals surface area contributed by atoms with Crippen LogP contribution in [-0.2, 0) is 6.42 Å². The van der Waals surface area contributed by atoms with Gasteiger partial charge in [0.1, 0.15) is 0 Å². The predicted molar refractivity (Wildman–Crippen MR) is 89.6 cm³/mol. The Bertz CT molecular complexity index is 350. The van der Waals surface area contributed by atoms with E-state index in [0.29, 0.717) is 0 Å². The van der Waals surface area contributed by atoms with Gasteiger partial charge in [0.05, 0.1) is 0 Å². The molecule has 1 aromatic rings. The SMILES string of the molecule is CCNC1CCCCCC1CN(C)CCc1cccs1. The summed E-state index contributed by atoms with van der Waals surface area (Å²) < 4.78 is 0. The Morgan fingerprint density at radius 3 is 2.90 bits per heavy atom. The van der Waals surface area contributed by atoms with Gasteiger partial charge in [-0.05, 0) is 50.2 Å². The molecule has 0 aliphatic heterocycles. The second-order valence-corrected chi connectivity index (χ2v) is 7.19. The Hall–Kier alpha value is -0.380. The zero-order valence-corrected chi connectivity index (χ0v) is 13.9. The van der Waals surface area contributed by atoms with E-state index in [2.05, 4.69) is 41.7 Å². The highest BCUT2D eigenvalue weighted by Crippen LogP contribution is 2.24. The highest BCUT2D eigenvalue weighted by molar-refractivity contribution is 7.09. The summed E-state index contributed by atoms with van der Waals surface area (Å²) in [6.45, 7) is 5.79. The first-order valence-corrected chi connectivity index (χ1v) is 9.12. The van der Waals surface area contributed by atoms with Gasteiger partial charge >= 0.3 is 0 Å². The quantitative estimate of drug-likeness (QED) is 0.770. The van der Waals surface area contributed by atoms with Crippen molar-refractivity contribution in [1.82, 2.24) is 10.2 Å². The highest BCUT2D eigenvalue weighted by Gasteiger charge is 2.23. The first kappa shape index (κ1) is 16.0. The van der Waals surface area contributed by atoms with Crippen LogP contribution in [-0.4, -0.2) is 37.6 Å². The van der Waals surface area contributed by atoms with Crippen molar-refractivity contribution < 1.29 is 0 Å². The van der Waals surface area contributed by atoms with Crippen LogP contribution in [0.25, 0.3) is 0 Å². The summed E-state index contributed by atoms with van der Waals surface area (Å²) in [6, 6.07) is 5.16. The molecule has 20 heavy (non-hydrogen) atoms. The van der Waals surface area contributed by atoms with Crippen molar-refractivity contribution in [3.63, 3.8) is 0 Å². The fourth-order valence-corrected chi connectivity index (χ4v) is 4.08. The van der Waals surface area contributed by atoms with Crippen molar-refractivity contribution in [3.05, 3.63) is 22.4 Å². The minimum atomic E-state index is 0.742. The fourth-order valence-electron chi connectivity index (χ4n) is 3.38. The van der Waals surface area contributed by atoms with Gasteiger partial charge in [0.25, 0.3) is 0 Å². The van der Waals surface area contributed by atoms with E-state index in [4.69, 9.17) is 0 Å². The van der Waals surface area contributed by atoms with Gasteiger partial charge in [0.15, 0.2) is 0 Å². The Morgan fingerprint density at radius 2 is 2.15 bits per heavy atom. The summed E-state index contributed by atoms with van der Waals surface area (Å²) in [5, 5.41) is 5.91. The van der Waals surface area contributed by atoms with Crippen LogP contribution >= 0.6 is 11.3 Å². The number of hydrogen-bond donors (Lipinski definition) is 1. The maximum Gasteiger partial charge on any atom is 0.0107 e. The second kappa shape index (κ2) is 8.81. The van der Waals surface area contributed by atoms with Crippen molar-refractivity contribution in [2.24, 2.45) is 5.92 Å². The lowest BCUT2D eigenvalue weighted by molar-refractivity contribution is 0.227. The third-order valence-electron chi connectivity index (χ3n) is 4.49. The number of thiophene rings is 1. The van der Waals surface area contributed by atoms with Crippen molar-refractivity contribution in [1.29, 1.82) is 0 Å². The lowest BCUT2D eigenvalue weighted by Gasteiger charge is -2.30. The lowest BCUT2D eigenvalue weighted by atomic mass is 9.94. The van der Waals surface area contributed by atoms with E-state index >= 15 is 0 Å². The topological polar surface area (TPSA) is 15.3 Å². The van der Waals surface area contributed by atoms with Gasteiger partial charge in [0.2, 0.25) is 0 Å². The van der Waals surface area contributed by atoms with Gasteiger partial charge in [-0.25, -0.2) is 0 Å². The summed E-state index contributed by atoms with van der Waals surface area (Å²) in [6.07, 6.45) is 8.24. The van der Waals surface area contributed by atoms with Gasteiger partial charge in [0, 0.05) is 24.0 Å². The van der Waals surface area contributed by atoms with E-state index < -0.39 is 0 Å². The van der Waals surface area contributed by atoms with Crippen LogP contribution in [0.2, 0.25) is 0 Å². The van der Waals surface area contributed by atoms with Crippen LogP contribution in [0.3, 0.4) is 0 Å². The van der Waals surface area contributed by atoms with E-state index in [1.165, 1.54) is 56.5 Å². The molecule has 1 fully saturated rings. The highest BCUT2D eigenvalue weighted by atomic mass is 32.1. The molecule has 114 valence electrons. The molecule has 1 saturated carbocycles. The van der Waals surface area contributed by atoms with E-state index in [-0.39, 0.29) is 0 Å². The van der Waals surface area contributed by atoms with Crippen molar-refractivity contribution >= 4 is 11.3 Å². The molecule has 2 atom stereocenters. The molecular weight excluding hydrogens is 264 g/mol. The molecule has 1 aliphatic rings. The van der Waals surface area contributed by atoms with Crippen LogP contribution in [0.5, 0.6) is 0 Å². The Kier molecular flexibility index (Phi) is 7.05. The number of nitrogens with zero attached hydrogens (tertiary/aromatic N) is 1. The third kappa shape index (κ3) is 5.19. The minimum Gasteiger partial charge on any atom is -0.314 e. The zero-order chi connectivity index (χ0) is 14.2. The standard InChI is InChI=1S/C17H30N2S/c1-3-18-17-10-6-4-5-8-15(17)14-19(2)12-11-16-9-7-13-20-16/h7,9,13,15,17-18H,3-6,8,10-12,14H2,1-2H3. The molecule has 2 nitrogen and oxygen atoms in total. The predicted octanol–water partition coefficient (Wildman–Crippen LogP) is 3.78. The molecule has 1 aromatic heterocycles. The Morgan fingerprint density at radius 1 is 1.30 bits per heavy atom. The van der Waals surface area contributed by atoms with Crippen molar-refractivity contribution in [3.8, 4) is 0 Å². The van der Waals surface area contributed by atoms with E-state index in [1.54, 1.807) is 0 Å². The summed E-state index contributed by atoms with van der Waals surface area (Å²) in [5.74, 6) is 0.839. The molecule has 0 amide bonds. The molecular formula is C17H30N2S. The number of nitrogens with one attached hydrogen (secondary N) is 1.